The van der Waals surface area contributed by atoms with E-state index in [1.54, 1.807) is 35.2 Å². The van der Waals surface area contributed by atoms with Crippen molar-refractivity contribution in [1.82, 2.24) is 0 Å². The van der Waals surface area contributed by atoms with Crippen molar-refractivity contribution in [2.75, 3.05) is 16.8 Å². The van der Waals surface area contributed by atoms with Crippen LogP contribution in [0, 0.1) is 0 Å². The summed E-state index contributed by atoms with van der Waals surface area (Å²) in [5.74, 6) is -0.285. The van der Waals surface area contributed by atoms with Gasteiger partial charge in [-0.05, 0) is 60.9 Å². The summed E-state index contributed by atoms with van der Waals surface area (Å²) in [7, 11) is 0. The van der Waals surface area contributed by atoms with Gasteiger partial charge in [-0.3, -0.25) is 9.59 Å². The van der Waals surface area contributed by atoms with Crippen molar-refractivity contribution in [3.63, 3.8) is 0 Å². The number of hydrogen-bond donors (Lipinski definition) is 1. The number of benzene rings is 2. The van der Waals surface area contributed by atoms with Gasteiger partial charge in [0.25, 0.3) is 11.8 Å². The average molecular weight is 415 g/mol. The highest BCUT2D eigenvalue weighted by atomic mass is 35.5. The standard InChI is InChI=1S/C21H16Cl2N2O3/c22-14-6-8-17(23)16(11-14)20(26)24-15-7-5-13-3-1-9-25(18(13)12-15)21(27)19-4-2-10-28-19/h2,4-8,10-12H,1,3,9H2,(H,24,26). The van der Waals surface area contributed by atoms with Gasteiger partial charge in [-0.2, -0.15) is 0 Å². The summed E-state index contributed by atoms with van der Waals surface area (Å²) in [6.45, 7) is 0.587. The van der Waals surface area contributed by atoms with Gasteiger partial charge in [-0.15, -0.1) is 0 Å². The number of hydrogen-bond acceptors (Lipinski definition) is 3. The predicted molar refractivity (Wildman–Crippen MR) is 110 cm³/mol. The van der Waals surface area contributed by atoms with E-state index in [-0.39, 0.29) is 23.1 Å². The highest BCUT2D eigenvalue weighted by Gasteiger charge is 2.25. The van der Waals surface area contributed by atoms with Crippen LogP contribution in [0.2, 0.25) is 10.0 Å². The maximum absolute atomic E-state index is 12.8. The van der Waals surface area contributed by atoms with Crippen LogP contribution in [0.5, 0.6) is 0 Å². The second-order valence-corrected chi connectivity index (χ2v) is 7.30. The molecule has 0 bridgehead atoms. The number of carbonyl (C=O) groups excluding carboxylic acids is 2. The molecule has 28 heavy (non-hydrogen) atoms. The summed E-state index contributed by atoms with van der Waals surface area (Å²) < 4.78 is 5.25. The molecule has 0 radical (unpaired) electrons. The Labute approximate surface area is 171 Å². The van der Waals surface area contributed by atoms with Crippen molar-refractivity contribution in [3.8, 4) is 0 Å². The molecule has 1 aliphatic heterocycles. The molecule has 2 amide bonds. The Bertz CT molecular complexity index is 1050. The SMILES string of the molecule is O=C(Nc1ccc2c(c1)N(C(=O)c1ccco1)CCC2)c1cc(Cl)ccc1Cl. The molecule has 0 spiro atoms. The third kappa shape index (κ3) is 3.63. The van der Waals surface area contributed by atoms with Gasteiger partial charge in [0.15, 0.2) is 5.76 Å². The molecule has 0 saturated heterocycles. The third-order valence-corrected chi connectivity index (χ3v) is 5.18. The van der Waals surface area contributed by atoms with E-state index in [1.807, 2.05) is 12.1 Å². The molecule has 0 unspecified atom stereocenters. The van der Waals surface area contributed by atoms with Gasteiger partial charge < -0.3 is 14.6 Å². The third-order valence-electron chi connectivity index (χ3n) is 4.61. The van der Waals surface area contributed by atoms with E-state index in [2.05, 4.69) is 5.32 Å². The van der Waals surface area contributed by atoms with Crippen LogP contribution in [0.4, 0.5) is 11.4 Å². The summed E-state index contributed by atoms with van der Waals surface area (Å²) in [5.41, 5.74) is 2.67. The molecule has 0 atom stereocenters. The van der Waals surface area contributed by atoms with Crippen LogP contribution < -0.4 is 10.2 Å². The number of rotatable bonds is 3. The van der Waals surface area contributed by atoms with E-state index in [0.717, 1.165) is 24.1 Å². The molecule has 5 nitrogen and oxygen atoms in total. The Morgan fingerprint density at radius 3 is 2.71 bits per heavy atom. The maximum Gasteiger partial charge on any atom is 0.293 e. The van der Waals surface area contributed by atoms with Crippen molar-refractivity contribution >= 4 is 46.4 Å². The van der Waals surface area contributed by atoms with E-state index >= 15 is 0 Å². The monoisotopic (exact) mass is 414 g/mol. The summed E-state index contributed by atoms with van der Waals surface area (Å²) in [6.07, 6.45) is 3.21. The number of fused-ring (bicyclic) bond motifs is 1. The number of furan rings is 1. The lowest BCUT2D eigenvalue weighted by molar-refractivity contribution is 0.0958. The molecule has 1 N–H and O–H groups in total. The topological polar surface area (TPSA) is 62.6 Å². The summed E-state index contributed by atoms with van der Waals surface area (Å²) in [4.78, 5) is 27.1. The first-order chi connectivity index (χ1) is 13.5. The zero-order valence-corrected chi connectivity index (χ0v) is 16.3. The van der Waals surface area contributed by atoms with Crippen LogP contribution in [0.3, 0.4) is 0 Å². The smallest absolute Gasteiger partial charge is 0.293 e. The molecule has 0 saturated carbocycles. The van der Waals surface area contributed by atoms with Gasteiger partial charge in [0, 0.05) is 22.9 Å². The highest BCUT2D eigenvalue weighted by Crippen LogP contribution is 2.32. The fourth-order valence-corrected chi connectivity index (χ4v) is 3.64. The van der Waals surface area contributed by atoms with Gasteiger partial charge in [0.1, 0.15) is 0 Å². The summed E-state index contributed by atoms with van der Waals surface area (Å²) >= 11 is 12.1. The summed E-state index contributed by atoms with van der Waals surface area (Å²) in [6, 6.07) is 13.6. The normalized spacial score (nSPS) is 13.1. The molecular weight excluding hydrogens is 399 g/mol. The Hall–Kier alpha value is -2.76. The molecule has 2 heterocycles. The molecule has 2 aromatic carbocycles. The number of nitrogens with zero attached hydrogens (tertiary/aromatic N) is 1. The first-order valence-corrected chi connectivity index (χ1v) is 9.53. The minimum atomic E-state index is -0.368. The lowest BCUT2D eigenvalue weighted by atomic mass is 10.0. The fraction of sp³-hybridized carbons (Fsp3) is 0.143. The van der Waals surface area contributed by atoms with Crippen molar-refractivity contribution in [1.29, 1.82) is 0 Å². The van der Waals surface area contributed by atoms with Gasteiger partial charge in [0.05, 0.1) is 16.8 Å². The Morgan fingerprint density at radius 2 is 1.93 bits per heavy atom. The van der Waals surface area contributed by atoms with E-state index in [1.165, 1.54) is 12.3 Å². The molecule has 4 rings (SSSR count). The second-order valence-electron chi connectivity index (χ2n) is 6.46. The minimum Gasteiger partial charge on any atom is -0.459 e. The van der Waals surface area contributed by atoms with Crippen molar-refractivity contribution in [2.24, 2.45) is 0 Å². The first-order valence-electron chi connectivity index (χ1n) is 8.77. The number of anilines is 2. The Kier molecular flexibility index (Phi) is 5.11. The molecule has 0 aliphatic carbocycles. The van der Waals surface area contributed by atoms with Crippen LogP contribution in [0.1, 0.15) is 32.9 Å². The van der Waals surface area contributed by atoms with Crippen LogP contribution in [0.25, 0.3) is 0 Å². The average Bonchev–Trinajstić information content (AvgIpc) is 3.23. The Balaban J connectivity index is 1.62. The maximum atomic E-state index is 12.8. The van der Waals surface area contributed by atoms with E-state index in [9.17, 15) is 9.59 Å². The largest absolute Gasteiger partial charge is 0.459 e. The number of carbonyl (C=O) groups is 2. The number of halogens is 2. The zero-order chi connectivity index (χ0) is 19.7. The van der Waals surface area contributed by atoms with Crippen molar-refractivity contribution in [2.45, 2.75) is 12.8 Å². The van der Waals surface area contributed by atoms with E-state index in [0.29, 0.717) is 22.3 Å². The highest BCUT2D eigenvalue weighted by molar-refractivity contribution is 6.36. The first kappa shape index (κ1) is 18.6. The van der Waals surface area contributed by atoms with Crippen LogP contribution in [-0.4, -0.2) is 18.4 Å². The quantitative estimate of drug-likeness (QED) is 0.621. The minimum absolute atomic E-state index is 0.202. The molecule has 142 valence electrons. The second kappa shape index (κ2) is 7.70. The van der Waals surface area contributed by atoms with E-state index < -0.39 is 0 Å². The molecule has 0 fully saturated rings. The number of aryl methyl sites for hydroxylation is 1. The Morgan fingerprint density at radius 1 is 1.07 bits per heavy atom. The van der Waals surface area contributed by atoms with E-state index in [4.69, 9.17) is 27.6 Å². The van der Waals surface area contributed by atoms with Gasteiger partial charge >= 0.3 is 0 Å². The van der Waals surface area contributed by atoms with Gasteiger partial charge in [-0.25, -0.2) is 0 Å². The molecular formula is C21H16Cl2N2O3. The fourth-order valence-electron chi connectivity index (χ4n) is 3.27. The van der Waals surface area contributed by atoms with Gasteiger partial charge in [0.2, 0.25) is 0 Å². The predicted octanol–water partition coefficient (Wildman–Crippen LogP) is 5.43. The number of nitrogens with one attached hydrogen (secondary N) is 1. The molecule has 7 heteroatoms. The van der Waals surface area contributed by atoms with Crippen LogP contribution >= 0.6 is 23.2 Å². The zero-order valence-electron chi connectivity index (χ0n) is 14.7. The summed E-state index contributed by atoms with van der Waals surface area (Å²) in [5, 5.41) is 3.57. The molecule has 1 aliphatic rings. The lowest BCUT2D eigenvalue weighted by Gasteiger charge is -2.29. The van der Waals surface area contributed by atoms with Crippen LogP contribution in [0.15, 0.2) is 59.2 Å². The molecule has 1 aromatic heterocycles. The van der Waals surface area contributed by atoms with Crippen molar-refractivity contribution < 1.29 is 14.0 Å². The van der Waals surface area contributed by atoms with Crippen molar-refractivity contribution in [3.05, 3.63) is 81.7 Å². The lowest BCUT2D eigenvalue weighted by Crippen LogP contribution is -2.35. The molecule has 3 aromatic rings. The van der Waals surface area contributed by atoms with Gasteiger partial charge in [-0.1, -0.05) is 29.3 Å². The number of amides is 2. The van der Waals surface area contributed by atoms with Crippen LogP contribution in [-0.2, 0) is 6.42 Å².